The molecule has 1 aliphatic carbocycles. The van der Waals surface area contributed by atoms with Gasteiger partial charge in [0.15, 0.2) is 0 Å². The third kappa shape index (κ3) is 3.56. The van der Waals surface area contributed by atoms with Gasteiger partial charge in [-0.1, -0.05) is 18.2 Å². The molecular formula is C25H24N6O. The predicted molar refractivity (Wildman–Crippen MR) is 124 cm³/mol. The molecule has 0 saturated heterocycles. The molecule has 0 radical (unpaired) electrons. The second-order valence-corrected chi connectivity index (χ2v) is 8.33. The lowest BCUT2D eigenvalue weighted by molar-refractivity contribution is 0.414. The Bertz CT molecular complexity index is 1400. The molecule has 32 heavy (non-hydrogen) atoms. The molecule has 0 aliphatic heterocycles. The number of ether oxygens (including phenoxy) is 1. The molecule has 1 aromatic carbocycles. The number of aromatic nitrogens is 5. The summed E-state index contributed by atoms with van der Waals surface area (Å²) in [6.07, 6.45) is 10.6. The minimum Gasteiger partial charge on any atom is -0.497 e. The first-order chi connectivity index (χ1) is 15.8. The Hall–Kier alpha value is -3.87. The van der Waals surface area contributed by atoms with Gasteiger partial charge in [-0.3, -0.25) is 4.68 Å². The molecule has 7 nitrogen and oxygen atoms in total. The van der Waals surface area contributed by atoms with Crippen molar-refractivity contribution in [2.45, 2.75) is 31.8 Å². The van der Waals surface area contributed by atoms with Gasteiger partial charge in [0.05, 0.1) is 36.4 Å². The van der Waals surface area contributed by atoms with E-state index in [2.05, 4.69) is 44.3 Å². The Balaban J connectivity index is 1.23. The smallest absolute Gasteiger partial charge is 0.137 e. The van der Waals surface area contributed by atoms with Gasteiger partial charge in [-0.25, -0.2) is 9.97 Å². The van der Waals surface area contributed by atoms with Gasteiger partial charge < -0.3 is 14.5 Å². The molecule has 0 amide bonds. The quantitative estimate of drug-likeness (QED) is 0.413. The SMILES string of the molecule is COc1ccc(CNc2nccc3c2cnn3Cc2cn3cc(C4CC4)ccc3n2)cc1. The fourth-order valence-electron chi connectivity index (χ4n) is 4.15. The van der Waals surface area contributed by atoms with Gasteiger partial charge in [0.1, 0.15) is 17.2 Å². The van der Waals surface area contributed by atoms with Crippen molar-refractivity contribution >= 4 is 22.4 Å². The van der Waals surface area contributed by atoms with Crippen molar-refractivity contribution in [3.63, 3.8) is 0 Å². The monoisotopic (exact) mass is 424 g/mol. The first kappa shape index (κ1) is 18.9. The zero-order valence-corrected chi connectivity index (χ0v) is 17.9. The van der Waals surface area contributed by atoms with Crippen LogP contribution in [-0.2, 0) is 13.1 Å². The maximum atomic E-state index is 5.23. The molecule has 0 unspecified atom stereocenters. The van der Waals surface area contributed by atoms with Gasteiger partial charge >= 0.3 is 0 Å². The van der Waals surface area contributed by atoms with Crippen LogP contribution in [0.2, 0.25) is 0 Å². The fourth-order valence-corrected chi connectivity index (χ4v) is 4.15. The molecule has 0 atom stereocenters. The minimum absolute atomic E-state index is 0.617. The predicted octanol–water partition coefficient (Wildman–Crippen LogP) is 4.63. The molecule has 5 aromatic rings. The summed E-state index contributed by atoms with van der Waals surface area (Å²) in [5.41, 5.74) is 5.57. The van der Waals surface area contributed by atoms with E-state index in [1.165, 1.54) is 18.4 Å². The molecular weight excluding hydrogens is 400 g/mol. The lowest BCUT2D eigenvalue weighted by Crippen LogP contribution is -2.03. The van der Waals surface area contributed by atoms with Crippen LogP contribution in [0.4, 0.5) is 5.82 Å². The van der Waals surface area contributed by atoms with Crippen LogP contribution in [0.15, 0.2) is 67.3 Å². The summed E-state index contributed by atoms with van der Waals surface area (Å²) in [6.45, 7) is 1.29. The minimum atomic E-state index is 0.617. The third-order valence-corrected chi connectivity index (χ3v) is 6.07. The summed E-state index contributed by atoms with van der Waals surface area (Å²) in [6, 6.07) is 14.3. The molecule has 1 fully saturated rings. The molecule has 6 rings (SSSR count). The standard InChI is InChI=1S/C25H24N6O/c1-32-21-7-2-17(3-8-21)12-27-25-22-13-28-31(23(22)10-11-26-25)16-20-15-30-14-19(18-4-5-18)6-9-24(30)29-20/h2-3,6-11,13-15,18H,4-5,12,16H2,1H3,(H,26,27). The van der Waals surface area contributed by atoms with E-state index in [9.17, 15) is 0 Å². The average Bonchev–Trinajstić information content (AvgIpc) is 3.48. The molecule has 160 valence electrons. The highest BCUT2D eigenvalue weighted by Crippen LogP contribution is 2.39. The Kier molecular flexibility index (Phi) is 4.52. The zero-order chi connectivity index (χ0) is 21.5. The molecule has 1 saturated carbocycles. The second-order valence-electron chi connectivity index (χ2n) is 8.33. The number of fused-ring (bicyclic) bond motifs is 2. The van der Waals surface area contributed by atoms with E-state index < -0.39 is 0 Å². The van der Waals surface area contributed by atoms with Crippen LogP contribution in [0.5, 0.6) is 5.75 Å². The first-order valence-corrected chi connectivity index (χ1v) is 10.9. The highest BCUT2D eigenvalue weighted by Gasteiger charge is 2.23. The van der Waals surface area contributed by atoms with Gasteiger partial charge in [-0.15, -0.1) is 0 Å². The van der Waals surface area contributed by atoms with E-state index in [0.717, 1.165) is 45.3 Å². The van der Waals surface area contributed by atoms with Crippen molar-refractivity contribution in [1.29, 1.82) is 0 Å². The van der Waals surface area contributed by atoms with Crippen LogP contribution in [0.1, 0.15) is 35.6 Å². The number of anilines is 1. The van der Waals surface area contributed by atoms with Gasteiger partial charge in [0, 0.05) is 25.1 Å². The van der Waals surface area contributed by atoms with Crippen LogP contribution in [0.3, 0.4) is 0 Å². The molecule has 0 spiro atoms. The molecule has 1 aliphatic rings. The van der Waals surface area contributed by atoms with Gasteiger partial charge in [-0.05, 0) is 54.2 Å². The summed E-state index contributed by atoms with van der Waals surface area (Å²) < 4.78 is 9.35. The van der Waals surface area contributed by atoms with E-state index in [4.69, 9.17) is 9.72 Å². The molecule has 4 heterocycles. The Morgan fingerprint density at radius 2 is 1.94 bits per heavy atom. The number of rotatable bonds is 7. The maximum absolute atomic E-state index is 5.23. The van der Waals surface area contributed by atoms with E-state index >= 15 is 0 Å². The number of nitrogens with one attached hydrogen (secondary N) is 1. The summed E-state index contributed by atoms with van der Waals surface area (Å²) in [5.74, 6) is 2.41. The molecule has 4 aromatic heterocycles. The van der Waals surface area contributed by atoms with Crippen LogP contribution >= 0.6 is 0 Å². The van der Waals surface area contributed by atoms with Crippen molar-refractivity contribution in [3.8, 4) is 5.75 Å². The average molecular weight is 425 g/mol. The van der Waals surface area contributed by atoms with Gasteiger partial charge in [0.25, 0.3) is 0 Å². The number of pyridine rings is 2. The third-order valence-electron chi connectivity index (χ3n) is 6.07. The lowest BCUT2D eigenvalue weighted by Gasteiger charge is -2.08. The van der Waals surface area contributed by atoms with Crippen molar-refractivity contribution in [1.82, 2.24) is 24.1 Å². The van der Waals surface area contributed by atoms with Crippen LogP contribution < -0.4 is 10.1 Å². The second kappa shape index (κ2) is 7.67. The van der Waals surface area contributed by atoms with Crippen molar-refractivity contribution < 1.29 is 4.74 Å². The largest absolute Gasteiger partial charge is 0.497 e. The summed E-state index contributed by atoms with van der Waals surface area (Å²) in [5, 5.41) is 9.06. The molecule has 0 bridgehead atoms. The maximum Gasteiger partial charge on any atom is 0.137 e. The van der Waals surface area contributed by atoms with E-state index in [0.29, 0.717) is 13.1 Å². The van der Waals surface area contributed by atoms with Gasteiger partial charge in [-0.2, -0.15) is 5.10 Å². The Morgan fingerprint density at radius 3 is 2.75 bits per heavy atom. The molecule has 7 heteroatoms. The van der Waals surface area contributed by atoms with Gasteiger partial charge in [0.2, 0.25) is 0 Å². The highest BCUT2D eigenvalue weighted by atomic mass is 16.5. The summed E-state index contributed by atoms with van der Waals surface area (Å²) in [4.78, 5) is 9.32. The van der Waals surface area contributed by atoms with E-state index in [-0.39, 0.29) is 0 Å². The number of benzene rings is 1. The Labute approximate surface area is 185 Å². The number of nitrogens with zero attached hydrogens (tertiary/aromatic N) is 5. The van der Waals surface area contributed by atoms with E-state index in [1.807, 2.05) is 47.4 Å². The van der Waals surface area contributed by atoms with Crippen LogP contribution in [0.25, 0.3) is 16.6 Å². The number of methoxy groups -OCH3 is 1. The lowest BCUT2D eigenvalue weighted by atomic mass is 10.2. The molecule has 1 N–H and O–H groups in total. The number of hydrogen-bond donors (Lipinski definition) is 1. The summed E-state index contributed by atoms with van der Waals surface area (Å²) >= 11 is 0. The van der Waals surface area contributed by atoms with Crippen LogP contribution in [0, 0.1) is 0 Å². The van der Waals surface area contributed by atoms with Crippen LogP contribution in [-0.4, -0.2) is 31.3 Å². The summed E-state index contributed by atoms with van der Waals surface area (Å²) in [7, 11) is 1.67. The fraction of sp³-hybridized carbons (Fsp3) is 0.240. The normalized spacial score (nSPS) is 13.7. The highest BCUT2D eigenvalue weighted by molar-refractivity contribution is 5.89. The number of imidazole rings is 1. The first-order valence-electron chi connectivity index (χ1n) is 10.9. The Morgan fingerprint density at radius 1 is 1.06 bits per heavy atom. The van der Waals surface area contributed by atoms with Crippen molar-refractivity contribution in [2.24, 2.45) is 0 Å². The van der Waals surface area contributed by atoms with E-state index in [1.54, 1.807) is 7.11 Å². The van der Waals surface area contributed by atoms with Crippen molar-refractivity contribution in [2.75, 3.05) is 12.4 Å². The topological polar surface area (TPSA) is 69.3 Å². The van der Waals surface area contributed by atoms with Crippen molar-refractivity contribution in [3.05, 3.63) is 84.1 Å². The zero-order valence-electron chi connectivity index (χ0n) is 17.9. The number of hydrogen-bond acceptors (Lipinski definition) is 5.